The van der Waals surface area contributed by atoms with Gasteiger partial charge in [0.05, 0.1) is 27.0 Å². The molecule has 0 aliphatic heterocycles. The molecule has 4 aromatic rings. The topological polar surface area (TPSA) is 88.6 Å². The average molecular weight is 805 g/mol. The van der Waals surface area contributed by atoms with Crippen LogP contribution in [0.4, 0.5) is 30.2 Å². The van der Waals surface area contributed by atoms with Gasteiger partial charge in [-0.05, 0) is 97.4 Å². The second kappa shape index (κ2) is 16.7. The molecule has 0 fully saturated rings. The summed E-state index contributed by atoms with van der Waals surface area (Å²) in [4.78, 5) is 0. The summed E-state index contributed by atoms with van der Waals surface area (Å²) in [5, 5.41) is 33.7. The normalized spacial score (nSPS) is 10.9. The number of nitrogens with one attached hydrogen (secondary N) is 4. The number of thiocarbonyl (C=S) groups is 2. The first-order valence-electron chi connectivity index (χ1n) is 13.0. The van der Waals surface area contributed by atoms with Crippen LogP contribution in [0.1, 0.15) is 22.3 Å². The van der Waals surface area contributed by atoms with Crippen LogP contribution in [-0.4, -0.2) is 20.4 Å². The van der Waals surface area contributed by atoms with Crippen LogP contribution in [0, 0.1) is 13.8 Å². The highest BCUT2D eigenvalue weighted by molar-refractivity contribution is 7.80. The van der Waals surface area contributed by atoms with Crippen LogP contribution < -0.4 is 21.3 Å². The second-order valence-electron chi connectivity index (χ2n) is 9.63. The fraction of sp³-hybridized carbons (Fsp3) is 0.133. The first-order chi connectivity index (χ1) is 21.9. The Morgan fingerprint density at radius 3 is 1.57 bits per heavy atom. The lowest BCUT2D eigenvalue weighted by Crippen LogP contribution is -2.28. The van der Waals surface area contributed by atoms with Crippen molar-refractivity contribution >= 4 is 121 Å². The maximum Gasteiger partial charge on any atom is 0.416 e. The van der Waals surface area contributed by atoms with Crippen LogP contribution in [0.5, 0.6) is 11.5 Å². The lowest BCUT2D eigenvalue weighted by Gasteiger charge is -2.14. The van der Waals surface area contributed by atoms with Gasteiger partial charge in [-0.25, -0.2) is 0 Å². The number of phenolic OH excluding ortho intramolecular Hbond substituents is 2. The van der Waals surface area contributed by atoms with Gasteiger partial charge in [0.15, 0.2) is 21.7 Å². The molecule has 0 aromatic heterocycles. The highest BCUT2D eigenvalue weighted by Crippen LogP contribution is 2.40. The minimum Gasteiger partial charge on any atom is -0.504 e. The van der Waals surface area contributed by atoms with E-state index in [0.717, 1.165) is 12.1 Å². The monoisotopic (exact) mass is 802 g/mol. The zero-order chi connectivity index (χ0) is 35.2. The molecule has 0 heterocycles. The van der Waals surface area contributed by atoms with Crippen molar-refractivity contribution in [3.63, 3.8) is 0 Å². The van der Waals surface area contributed by atoms with Gasteiger partial charge in [0.25, 0.3) is 0 Å². The molecule has 0 amide bonds. The van der Waals surface area contributed by atoms with E-state index in [0.29, 0.717) is 48.2 Å². The van der Waals surface area contributed by atoms with Crippen molar-refractivity contribution < 1.29 is 23.4 Å². The highest BCUT2D eigenvalue weighted by Gasteiger charge is 2.29. The Balaban J connectivity index is 0.000000257. The molecule has 250 valence electrons. The molecule has 0 bridgehead atoms. The Bertz CT molecular complexity index is 1790. The van der Waals surface area contributed by atoms with Gasteiger partial charge in [0.1, 0.15) is 0 Å². The minimum absolute atomic E-state index is 0.112. The number of rotatable bonds is 5. The van der Waals surface area contributed by atoms with Gasteiger partial charge in [-0.1, -0.05) is 81.7 Å². The highest BCUT2D eigenvalue weighted by atomic mass is 35.5. The maximum absolute atomic E-state index is 12.5. The van der Waals surface area contributed by atoms with Crippen LogP contribution in [-0.2, 0) is 12.7 Å². The van der Waals surface area contributed by atoms with Crippen molar-refractivity contribution in [2.75, 3.05) is 16.0 Å². The molecule has 0 spiro atoms. The summed E-state index contributed by atoms with van der Waals surface area (Å²) in [6.07, 6.45) is -4.37. The van der Waals surface area contributed by atoms with Gasteiger partial charge in [0, 0.05) is 32.3 Å². The van der Waals surface area contributed by atoms with Crippen molar-refractivity contribution in [2.45, 2.75) is 26.6 Å². The third-order valence-electron chi connectivity index (χ3n) is 6.19. The molecule has 4 rings (SSSR count). The number of anilines is 3. The molecule has 47 heavy (non-hydrogen) atoms. The van der Waals surface area contributed by atoms with Crippen LogP contribution in [0.25, 0.3) is 0 Å². The molecule has 17 heteroatoms. The van der Waals surface area contributed by atoms with Crippen LogP contribution >= 0.6 is 94.0 Å². The second-order valence-corrected chi connectivity index (χ2v) is 12.9. The fourth-order valence-corrected chi connectivity index (χ4v) is 5.52. The molecule has 0 aliphatic carbocycles. The van der Waals surface area contributed by atoms with Crippen LogP contribution in [0.15, 0.2) is 54.6 Å². The first kappa shape index (κ1) is 38.8. The molecular formula is C30H23Cl6F3N4O2S2. The lowest BCUT2D eigenvalue weighted by molar-refractivity contribution is -0.137. The molecule has 0 unspecified atom stereocenters. The van der Waals surface area contributed by atoms with E-state index in [4.69, 9.17) is 94.0 Å². The number of halogens is 9. The molecule has 0 atom stereocenters. The zero-order valence-corrected chi connectivity index (χ0v) is 30.2. The number of alkyl halides is 3. The van der Waals surface area contributed by atoms with Crippen molar-refractivity contribution in [1.29, 1.82) is 0 Å². The zero-order valence-electron chi connectivity index (χ0n) is 24.0. The van der Waals surface area contributed by atoms with E-state index in [-0.39, 0.29) is 44.0 Å². The van der Waals surface area contributed by atoms with E-state index in [9.17, 15) is 23.4 Å². The van der Waals surface area contributed by atoms with E-state index in [1.807, 2.05) is 0 Å². The quantitative estimate of drug-likeness (QED) is 0.0878. The summed E-state index contributed by atoms with van der Waals surface area (Å²) in [6.45, 7) is 3.58. The van der Waals surface area contributed by atoms with E-state index < -0.39 is 11.7 Å². The fourth-order valence-electron chi connectivity index (χ4n) is 3.67. The predicted molar refractivity (Wildman–Crippen MR) is 197 cm³/mol. The van der Waals surface area contributed by atoms with E-state index in [1.54, 1.807) is 32.0 Å². The van der Waals surface area contributed by atoms with Gasteiger partial charge in [0.2, 0.25) is 0 Å². The summed E-state index contributed by atoms with van der Waals surface area (Å²) in [7, 11) is 0. The van der Waals surface area contributed by atoms with Crippen molar-refractivity contribution in [1.82, 2.24) is 5.32 Å². The van der Waals surface area contributed by atoms with Gasteiger partial charge in [-0.15, -0.1) is 0 Å². The van der Waals surface area contributed by atoms with E-state index in [1.165, 1.54) is 24.3 Å². The third kappa shape index (κ3) is 11.0. The predicted octanol–water partition coefficient (Wildman–Crippen LogP) is 11.6. The number of hydrogen-bond acceptors (Lipinski definition) is 4. The smallest absolute Gasteiger partial charge is 0.416 e. The molecule has 6 N–H and O–H groups in total. The Kier molecular flexibility index (Phi) is 13.8. The summed E-state index contributed by atoms with van der Waals surface area (Å²) >= 11 is 46.1. The largest absolute Gasteiger partial charge is 0.504 e. The summed E-state index contributed by atoms with van der Waals surface area (Å²) in [5.74, 6) is -0.320. The van der Waals surface area contributed by atoms with E-state index in [2.05, 4.69) is 21.3 Å². The Morgan fingerprint density at radius 2 is 1.13 bits per heavy atom. The third-order valence-corrected chi connectivity index (χ3v) is 8.79. The van der Waals surface area contributed by atoms with Gasteiger partial charge in [-0.2, -0.15) is 13.2 Å². The molecule has 0 saturated heterocycles. The molecule has 0 radical (unpaired) electrons. The standard InChI is InChI=1S/C16H13Cl2F3N2OS.C14H10Cl4N2OS/c1-8-11(17)6-12(14(24)13(8)18)23-15(25)22-7-9-2-4-10(5-3-9)16(19,20)21;1-6-10(17)5-11(13(21)12(6)18)20-14(22)19-9-3-7(15)2-8(16)4-9/h2-6,24H,7H2,1H3,(H2,22,23,25);2-5,21H,1H3,(H2,19,20,22). The Labute approximate surface area is 309 Å². The summed E-state index contributed by atoms with van der Waals surface area (Å²) < 4.78 is 37.5. The number of benzene rings is 4. The summed E-state index contributed by atoms with van der Waals surface area (Å²) in [5.41, 5.74) is 2.16. The number of phenols is 2. The molecule has 4 aromatic carbocycles. The maximum atomic E-state index is 12.5. The Morgan fingerprint density at radius 1 is 0.681 bits per heavy atom. The van der Waals surface area contributed by atoms with Gasteiger partial charge < -0.3 is 31.5 Å². The molecule has 0 aliphatic rings. The van der Waals surface area contributed by atoms with Crippen LogP contribution in [0.2, 0.25) is 30.1 Å². The SMILES string of the molecule is Cc1c(Cl)cc(NC(=S)NCc2ccc(C(F)(F)F)cc2)c(O)c1Cl.Cc1c(Cl)cc(NC(=S)Nc2cc(Cl)cc(Cl)c2)c(O)c1Cl. The molecule has 0 saturated carbocycles. The average Bonchev–Trinajstić information content (AvgIpc) is 2.99. The number of hydrogen-bond donors (Lipinski definition) is 6. The molecular weight excluding hydrogens is 782 g/mol. The van der Waals surface area contributed by atoms with Gasteiger partial charge in [-0.3, -0.25) is 0 Å². The summed E-state index contributed by atoms with van der Waals surface area (Å²) in [6, 6.07) is 12.7. The van der Waals surface area contributed by atoms with E-state index >= 15 is 0 Å². The molecule has 6 nitrogen and oxygen atoms in total. The minimum atomic E-state index is -4.37. The number of aromatic hydroxyl groups is 2. The van der Waals surface area contributed by atoms with Crippen LogP contribution in [0.3, 0.4) is 0 Å². The van der Waals surface area contributed by atoms with Crippen molar-refractivity contribution in [3.8, 4) is 11.5 Å². The van der Waals surface area contributed by atoms with Gasteiger partial charge >= 0.3 is 6.18 Å². The van der Waals surface area contributed by atoms with Crippen molar-refractivity contribution in [2.24, 2.45) is 0 Å². The Hall–Kier alpha value is -2.61. The first-order valence-corrected chi connectivity index (χ1v) is 16.1. The van der Waals surface area contributed by atoms with Crippen molar-refractivity contribution in [3.05, 3.63) is 107 Å². The lowest BCUT2D eigenvalue weighted by atomic mass is 10.1.